The van der Waals surface area contributed by atoms with E-state index in [-0.39, 0.29) is 4.90 Å². The number of carbonyl (C=O) groups is 1. The summed E-state index contributed by atoms with van der Waals surface area (Å²) in [6.07, 6.45) is 5.91. The topological polar surface area (TPSA) is 96.6 Å². The molecule has 2 amide bonds. The van der Waals surface area contributed by atoms with E-state index in [1.54, 1.807) is 13.1 Å². The Labute approximate surface area is 170 Å². The van der Waals surface area contributed by atoms with E-state index < -0.39 is 21.8 Å². The van der Waals surface area contributed by atoms with Gasteiger partial charge in [0.15, 0.2) is 0 Å². The zero-order valence-electron chi connectivity index (χ0n) is 16.4. The molecule has 4 N–H and O–H groups in total. The molecule has 0 unspecified atom stereocenters. The molecule has 0 fully saturated rings. The number of carbonyl (C=O) groups excluding carboxylic acids is 1. The van der Waals surface area contributed by atoms with Crippen LogP contribution in [0, 0.1) is 5.82 Å². The molecule has 8 heteroatoms. The minimum Gasteiger partial charge on any atom is -0.316 e. The minimum atomic E-state index is -3.70. The largest absolute Gasteiger partial charge is 0.354 e. The lowest BCUT2D eigenvalue weighted by molar-refractivity contribution is 0.260. The second-order valence-electron chi connectivity index (χ2n) is 7.62. The highest BCUT2D eigenvalue weighted by atomic mass is 32.2. The van der Waals surface area contributed by atoms with Crippen LogP contribution in [-0.2, 0) is 42.1 Å². The molecule has 1 atom stereocenters. The fourth-order valence-corrected chi connectivity index (χ4v) is 5.36. The smallest absolute Gasteiger partial charge is 0.316 e. The van der Waals surface area contributed by atoms with Crippen LogP contribution in [0.5, 0.6) is 0 Å². The number of hydrogen-bond acceptors (Lipinski definition) is 3. The van der Waals surface area contributed by atoms with Crippen molar-refractivity contribution in [2.75, 3.05) is 12.4 Å². The maximum Gasteiger partial charge on any atom is 0.354 e. The summed E-state index contributed by atoms with van der Waals surface area (Å²) < 4.78 is 30.9. The fraction of sp³-hybridized carbons (Fsp3) is 0.381. The maximum absolute atomic E-state index is 14.4. The fourth-order valence-electron chi connectivity index (χ4n) is 4.36. The number of amides is 2. The predicted octanol–water partition coefficient (Wildman–Crippen LogP) is 3.46. The number of urea groups is 1. The van der Waals surface area contributed by atoms with Crippen molar-refractivity contribution < 1.29 is 13.4 Å². The lowest BCUT2D eigenvalue weighted by Gasteiger charge is -2.15. The van der Waals surface area contributed by atoms with Gasteiger partial charge in [-0.1, -0.05) is 12.1 Å². The van der Waals surface area contributed by atoms with Gasteiger partial charge < -0.3 is 10.6 Å². The van der Waals surface area contributed by atoms with Gasteiger partial charge in [0.2, 0.25) is 0 Å². The van der Waals surface area contributed by atoms with Crippen LogP contribution in [0.25, 0.3) is 0 Å². The summed E-state index contributed by atoms with van der Waals surface area (Å²) in [5, 5.41) is 11.5. The quantitative estimate of drug-likeness (QED) is 0.712. The lowest BCUT2D eigenvalue weighted by Crippen LogP contribution is -2.20. The molecule has 2 aliphatic rings. The number of fused-ring (bicyclic) bond motifs is 2. The first kappa shape index (κ1) is 20.0. The molecule has 0 heterocycles. The van der Waals surface area contributed by atoms with Crippen molar-refractivity contribution in [3.8, 4) is 0 Å². The monoisotopic (exact) mass is 416 g/mol. The molecule has 0 radical (unpaired) electrons. The number of halogens is 1. The van der Waals surface area contributed by atoms with Crippen LogP contribution in [0.2, 0.25) is 0 Å². The van der Waals surface area contributed by atoms with E-state index in [1.165, 1.54) is 23.3 Å². The lowest BCUT2D eigenvalue weighted by atomic mass is 9.99. The third-order valence-corrected chi connectivity index (χ3v) is 7.01. The van der Waals surface area contributed by atoms with Gasteiger partial charge in [-0.25, -0.2) is 18.5 Å². The van der Waals surface area contributed by atoms with Gasteiger partial charge in [-0.2, -0.15) is 0 Å². The first-order valence-electron chi connectivity index (χ1n) is 9.84. The van der Waals surface area contributed by atoms with E-state index in [9.17, 15) is 13.4 Å². The van der Waals surface area contributed by atoms with Crippen LogP contribution in [0.15, 0.2) is 33.5 Å². The van der Waals surface area contributed by atoms with Crippen molar-refractivity contribution in [2.45, 2.75) is 50.0 Å². The Balaban J connectivity index is 1.65. The van der Waals surface area contributed by atoms with Crippen molar-refractivity contribution in [2.24, 2.45) is 9.50 Å². The Bertz CT molecular complexity index is 1070. The zero-order valence-corrected chi connectivity index (χ0v) is 17.2. The second-order valence-corrected chi connectivity index (χ2v) is 9.38. The van der Waals surface area contributed by atoms with E-state index >= 15 is 0 Å². The van der Waals surface area contributed by atoms with Gasteiger partial charge in [0.05, 0.1) is 4.90 Å². The van der Waals surface area contributed by atoms with Crippen molar-refractivity contribution in [3.05, 3.63) is 57.9 Å². The molecular formula is C21H25FN4O2S. The highest BCUT2D eigenvalue weighted by molar-refractivity contribution is 7.91. The molecule has 0 saturated heterocycles. The summed E-state index contributed by atoms with van der Waals surface area (Å²) >= 11 is 0. The summed E-state index contributed by atoms with van der Waals surface area (Å²) in [5.41, 5.74) is 6.28. The number of nitrogens with zero attached hydrogens (tertiary/aromatic N) is 1. The van der Waals surface area contributed by atoms with Gasteiger partial charge in [-0.3, -0.25) is 0 Å². The molecule has 2 aliphatic carbocycles. The number of benzene rings is 2. The van der Waals surface area contributed by atoms with Crippen molar-refractivity contribution >= 4 is 21.6 Å². The van der Waals surface area contributed by atoms with Crippen LogP contribution in [0.3, 0.4) is 0 Å². The van der Waals surface area contributed by atoms with Gasteiger partial charge in [0.25, 0.3) is 0 Å². The van der Waals surface area contributed by atoms with E-state index in [2.05, 4.69) is 21.1 Å². The Kier molecular flexibility index (Phi) is 5.42. The summed E-state index contributed by atoms with van der Waals surface area (Å²) in [6.45, 7) is 0.463. The second kappa shape index (κ2) is 7.85. The van der Waals surface area contributed by atoms with Gasteiger partial charge in [-0.05, 0) is 85.5 Å². The molecule has 0 aromatic heterocycles. The Morgan fingerprint density at radius 3 is 2.38 bits per heavy atom. The van der Waals surface area contributed by atoms with Crippen molar-refractivity contribution in [3.63, 3.8) is 0 Å². The molecule has 0 aliphatic heterocycles. The van der Waals surface area contributed by atoms with Crippen molar-refractivity contribution in [1.29, 1.82) is 0 Å². The SMILES string of the molecule is CNCc1ccc([S@@](N)(=O)=NC(=O)Nc2c3c(cc4c2CCC4)CCC3)c(F)c1. The number of hydrogen-bond donors (Lipinski definition) is 3. The summed E-state index contributed by atoms with van der Waals surface area (Å²) in [5.74, 6) is -0.733. The summed E-state index contributed by atoms with van der Waals surface area (Å²) in [4.78, 5) is 12.3. The third kappa shape index (κ3) is 3.92. The Morgan fingerprint density at radius 1 is 1.14 bits per heavy atom. The molecule has 2 aromatic rings. The third-order valence-electron chi connectivity index (χ3n) is 5.62. The van der Waals surface area contributed by atoms with Gasteiger partial charge in [-0.15, -0.1) is 4.36 Å². The summed E-state index contributed by atoms with van der Waals surface area (Å²) in [6, 6.07) is 5.66. The Morgan fingerprint density at radius 2 is 1.79 bits per heavy atom. The van der Waals surface area contributed by atoms with Gasteiger partial charge in [0, 0.05) is 12.2 Å². The standard InChI is InChI=1S/C21H25FN4O2S/c1-24-12-13-8-9-19(18(22)10-13)29(23,28)26-21(27)25-20-16-6-2-4-14(16)11-15-5-3-7-17(15)20/h8-11,24H,2-7,12H2,1H3,(H3,23,25,26,27,28)/t29-/m0/s1. The predicted molar refractivity (Wildman–Crippen MR) is 112 cm³/mol. The molecule has 0 bridgehead atoms. The molecule has 29 heavy (non-hydrogen) atoms. The zero-order chi connectivity index (χ0) is 20.6. The van der Waals surface area contributed by atoms with E-state index in [4.69, 9.17) is 5.14 Å². The first-order valence-corrected chi connectivity index (χ1v) is 11.4. The molecule has 0 spiro atoms. The number of anilines is 1. The van der Waals surface area contributed by atoms with Crippen LogP contribution >= 0.6 is 0 Å². The van der Waals surface area contributed by atoms with Crippen LogP contribution in [-0.4, -0.2) is 17.3 Å². The molecular weight excluding hydrogens is 391 g/mol. The maximum atomic E-state index is 14.4. The highest BCUT2D eigenvalue weighted by Gasteiger charge is 2.25. The average molecular weight is 417 g/mol. The number of nitrogens with two attached hydrogens (primary N) is 1. The number of rotatable bonds is 4. The van der Waals surface area contributed by atoms with E-state index in [0.29, 0.717) is 12.1 Å². The minimum absolute atomic E-state index is 0.268. The first-order chi connectivity index (χ1) is 13.9. The highest BCUT2D eigenvalue weighted by Crippen LogP contribution is 2.38. The number of nitrogens with one attached hydrogen (secondary N) is 2. The normalized spacial score (nSPS) is 16.8. The molecule has 154 valence electrons. The van der Waals surface area contributed by atoms with Gasteiger partial charge in [0.1, 0.15) is 15.7 Å². The number of aryl methyl sites for hydroxylation is 2. The van der Waals surface area contributed by atoms with E-state index in [1.807, 2.05) is 0 Å². The Hall–Kier alpha value is -2.29. The molecule has 4 rings (SSSR count). The molecule has 6 nitrogen and oxygen atoms in total. The molecule has 2 aromatic carbocycles. The van der Waals surface area contributed by atoms with Gasteiger partial charge >= 0.3 is 6.03 Å². The van der Waals surface area contributed by atoms with Crippen molar-refractivity contribution in [1.82, 2.24) is 5.32 Å². The molecule has 0 saturated carbocycles. The van der Waals surface area contributed by atoms with Crippen LogP contribution in [0.4, 0.5) is 14.9 Å². The van der Waals surface area contributed by atoms with Crippen LogP contribution in [0.1, 0.15) is 40.7 Å². The van der Waals surface area contributed by atoms with Crippen LogP contribution < -0.4 is 15.8 Å². The van der Waals surface area contributed by atoms with E-state index in [0.717, 1.165) is 55.3 Å². The average Bonchev–Trinajstić information content (AvgIpc) is 3.30. The summed E-state index contributed by atoms with van der Waals surface area (Å²) in [7, 11) is -1.96.